The zero-order valence-corrected chi connectivity index (χ0v) is 19.0. The minimum Gasteiger partial charge on any atom is -0.371 e. The van der Waals surface area contributed by atoms with Gasteiger partial charge in [-0.05, 0) is 79.9 Å². The van der Waals surface area contributed by atoms with E-state index in [0.717, 1.165) is 24.3 Å². The molecule has 2 N–H and O–H groups in total. The van der Waals surface area contributed by atoms with Crippen molar-refractivity contribution in [1.29, 1.82) is 0 Å². The Bertz CT molecular complexity index is 1190. The first-order valence-corrected chi connectivity index (χ1v) is 12.1. The number of carbonyl (C=O) groups excluding carboxylic acids is 1. The Morgan fingerprint density at radius 1 is 0.906 bits per heavy atom. The molecule has 1 saturated heterocycles. The van der Waals surface area contributed by atoms with Gasteiger partial charge in [0.1, 0.15) is 0 Å². The maximum absolute atomic E-state index is 12.6. The number of hydrogen-bond acceptors (Lipinski definition) is 4. The Labute approximate surface area is 189 Å². The van der Waals surface area contributed by atoms with E-state index in [0.29, 0.717) is 22.9 Å². The molecule has 32 heavy (non-hydrogen) atoms. The number of benzene rings is 3. The quantitative estimate of drug-likeness (QED) is 0.561. The van der Waals surface area contributed by atoms with E-state index >= 15 is 0 Å². The van der Waals surface area contributed by atoms with Gasteiger partial charge in [-0.15, -0.1) is 0 Å². The number of nitrogens with one attached hydrogen (secondary N) is 2. The van der Waals surface area contributed by atoms with Gasteiger partial charge in [0.15, 0.2) is 0 Å². The summed E-state index contributed by atoms with van der Waals surface area (Å²) in [5, 5.41) is 2.87. The zero-order valence-electron chi connectivity index (χ0n) is 18.2. The number of hydrogen-bond donors (Lipinski definition) is 2. The number of nitrogens with zero attached hydrogens (tertiary/aromatic N) is 1. The van der Waals surface area contributed by atoms with Gasteiger partial charge >= 0.3 is 0 Å². The molecule has 0 saturated carbocycles. The Morgan fingerprint density at radius 2 is 1.53 bits per heavy atom. The predicted molar refractivity (Wildman–Crippen MR) is 129 cm³/mol. The van der Waals surface area contributed by atoms with Crippen LogP contribution in [0.1, 0.15) is 29.3 Å². The first kappa shape index (κ1) is 21.9. The summed E-state index contributed by atoms with van der Waals surface area (Å²) < 4.78 is 27.8. The van der Waals surface area contributed by atoms with Crippen LogP contribution in [0.25, 0.3) is 0 Å². The van der Waals surface area contributed by atoms with E-state index < -0.39 is 10.0 Å². The molecule has 0 radical (unpaired) electrons. The first-order chi connectivity index (χ1) is 15.3. The van der Waals surface area contributed by atoms with Gasteiger partial charge < -0.3 is 10.2 Å². The molecule has 166 valence electrons. The second kappa shape index (κ2) is 9.04. The van der Waals surface area contributed by atoms with E-state index in [1.165, 1.54) is 30.7 Å². The Kier molecular flexibility index (Phi) is 6.19. The second-order valence-corrected chi connectivity index (χ2v) is 10.0. The van der Waals surface area contributed by atoms with Crippen LogP contribution in [0.4, 0.5) is 17.1 Å². The Morgan fingerprint density at radius 3 is 2.12 bits per heavy atom. The van der Waals surface area contributed by atoms with Crippen molar-refractivity contribution >= 4 is 33.0 Å². The lowest BCUT2D eigenvalue weighted by molar-refractivity contribution is 0.102. The van der Waals surface area contributed by atoms with Crippen molar-refractivity contribution in [3.63, 3.8) is 0 Å². The van der Waals surface area contributed by atoms with Crippen molar-refractivity contribution in [2.24, 2.45) is 5.92 Å². The maximum Gasteiger partial charge on any atom is 0.261 e. The lowest BCUT2D eigenvalue weighted by Gasteiger charge is -2.18. The zero-order chi connectivity index (χ0) is 22.7. The van der Waals surface area contributed by atoms with E-state index in [-0.39, 0.29) is 10.8 Å². The molecule has 1 amide bonds. The molecule has 1 atom stereocenters. The smallest absolute Gasteiger partial charge is 0.261 e. The van der Waals surface area contributed by atoms with Crippen LogP contribution in [-0.4, -0.2) is 27.4 Å². The normalized spacial score (nSPS) is 16.1. The van der Waals surface area contributed by atoms with E-state index in [2.05, 4.69) is 21.9 Å². The van der Waals surface area contributed by atoms with Crippen molar-refractivity contribution in [2.75, 3.05) is 28.0 Å². The minimum absolute atomic E-state index is 0.0961. The third kappa shape index (κ3) is 5.11. The van der Waals surface area contributed by atoms with Crippen LogP contribution in [0.2, 0.25) is 0 Å². The average molecular weight is 450 g/mol. The molecule has 1 fully saturated rings. The van der Waals surface area contributed by atoms with Crippen LogP contribution in [0.5, 0.6) is 0 Å². The van der Waals surface area contributed by atoms with E-state index in [4.69, 9.17) is 0 Å². The number of rotatable bonds is 6. The highest BCUT2D eigenvalue weighted by Gasteiger charge is 2.19. The molecule has 1 heterocycles. The summed E-state index contributed by atoms with van der Waals surface area (Å²) >= 11 is 0. The lowest BCUT2D eigenvalue weighted by atomic mass is 10.2. The standard InChI is InChI=1S/C25H27N3O3S/c1-18-3-7-22(8-4-18)27-32(30,31)24-13-5-20(6-14-24)25(29)26-21-9-11-23(12-10-21)28-16-15-19(2)17-28/h3-14,19,27H,15-17H2,1-2H3,(H,26,29). The number of amides is 1. The molecule has 0 spiro atoms. The monoisotopic (exact) mass is 449 g/mol. The van der Waals surface area contributed by atoms with Gasteiger partial charge in [-0.1, -0.05) is 24.6 Å². The number of carbonyl (C=O) groups is 1. The minimum atomic E-state index is -3.73. The predicted octanol–water partition coefficient (Wildman–Crippen LogP) is 4.89. The highest BCUT2D eigenvalue weighted by molar-refractivity contribution is 7.92. The molecule has 6 nitrogen and oxygen atoms in total. The first-order valence-electron chi connectivity index (χ1n) is 10.7. The van der Waals surface area contributed by atoms with Gasteiger partial charge in [-0.3, -0.25) is 9.52 Å². The van der Waals surface area contributed by atoms with Crippen LogP contribution >= 0.6 is 0 Å². The Balaban J connectivity index is 1.40. The topological polar surface area (TPSA) is 78.5 Å². The summed E-state index contributed by atoms with van der Waals surface area (Å²) in [4.78, 5) is 15.0. The van der Waals surface area contributed by atoms with Gasteiger partial charge in [0, 0.05) is 35.7 Å². The third-order valence-corrected chi connectivity index (χ3v) is 7.04. The largest absolute Gasteiger partial charge is 0.371 e. The van der Waals surface area contributed by atoms with Crippen LogP contribution in [0, 0.1) is 12.8 Å². The Hall–Kier alpha value is -3.32. The molecular weight excluding hydrogens is 422 g/mol. The van der Waals surface area contributed by atoms with Crippen LogP contribution in [-0.2, 0) is 10.0 Å². The fourth-order valence-corrected chi connectivity index (χ4v) is 4.81. The van der Waals surface area contributed by atoms with Crippen molar-refractivity contribution in [3.8, 4) is 0 Å². The number of aryl methyl sites for hydroxylation is 1. The summed E-state index contributed by atoms with van der Waals surface area (Å²) in [5.41, 5.74) is 3.77. The molecule has 0 aromatic heterocycles. The SMILES string of the molecule is Cc1ccc(NS(=O)(=O)c2ccc(C(=O)Nc3ccc(N4CCC(C)C4)cc3)cc2)cc1. The van der Waals surface area contributed by atoms with Gasteiger partial charge in [0.25, 0.3) is 15.9 Å². The van der Waals surface area contributed by atoms with Crippen LogP contribution in [0.15, 0.2) is 77.7 Å². The molecule has 0 bridgehead atoms. The van der Waals surface area contributed by atoms with Crippen LogP contribution in [0.3, 0.4) is 0 Å². The van der Waals surface area contributed by atoms with Gasteiger partial charge in [0.05, 0.1) is 4.90 Å². The van der Waals surface area contributed by atoms with Crippen molar-refractivity contribution in [2.45, 2.75) is 25.2 Å². The molecule has 1 aliphatic heterocycles. The average Bonchev–Trinajstić information content (AvgIpc) is 3.22. The molecule has 3 aromatic rings. The molecule has 7 heteroatoms. The number of anilines is 3. The van der Waals surface area contributed by atoms with E-state index in [9.17, 15) is 13.2 Å². The summed E-state index contributed by atoms with van der Waals surface area (Å²) in [6, 6.07) is 20.8. The summed E-state index contributed by atoms with van der Waals surface area (Å²) in [7, 11) is -3.73. The van der Waals surface area contributed by atoms with Crippen molar-refractivity contribution in [1.82, 2.24) is 0 Å². The van der Waals surface area contributed by atoms with Gasteiger partial charge in [0.2, 0.25) is 0 Å². The summed E-state index contributed by atoms with van der Waals surface area (Å²) in [6.45, 7) is 6.30. The van der Waals surface area contributed by atoms with E-state index in [1.807, 2.05) is 43.3 Å². The molecule has 4 rings (SSSR count). The fraction of sp³-hybridized carbons (Fsp3) is 0.240. The highest BCUT2D eigenvalue weighted by Crippen LogP contribution is 2.25. The maximum atomic E-state index is 12.6. The summed E-state index contributed by atoms with van der Waals surface area (Å²) in [6.07, 6.45) is 1.20. The second-order valence-electron chi connectivity index (χ2n) is 8.34. The van der Waals surface area contributed by atoms with Gasteiger partial charge in [-0.2, -0.15) is 0 Å². The third-order valence-electron chi connectivity index (χ3n) is 5.64. The molecular formula is C25H27N3O3S. The molecule has 0 aliphatic carbocycles. The molecule has 3 aromatic carbocycles. The van der Waals surface area contributed by atoms with Crippen molar-refractivity contribution < 1.29 is 13.2 Å². The van der Waals surface area contributed by atoms with E-state index in [1.54, 1.807) is 12.1 Å². The van der Waals surface area contributed by atoms with Crippen LogP contribution < -0.4 is 14.9 Å². The van der Waals surface area contributed by atoms with Gasteiger partial charge in [-0.25, -0.2) is 8.42 Å². The molecule has 1 aliphatic rings. The lowest BCUT2D eigenvalue weighted by Crippen LogP contribution is -2.19. The fourth-order valence-electron chi connectivity index (χ4n) is 3.75. The summed E-state index contributed by atoms with van der Waals surface area (Å²) in [5.74, 6) is 0.413. The number of sulfonamides is 1. The highest BCUT2D eigenvalue weighted by atomic mass is 32.2. The van der Waals surface area contributed by atoms with Crippen molar-refractivity contribution in [3.05, 3.63) is 83.9 Å². The molecule has 1 unspecified atom stereocenters.